The van der Waals surface area contributed by atoms with Crippen LogP contribution >= 0.6 is 11.3 Å². The summed E-state index contributed by atoms with van der Waals surface area (Å²) in [7, 11) is -3.70. The maximum atomic E-state index is 12.9. The number of nitrogens with zero attached hydrogens (tertiary/aromatic N) is 3. The van der Waals surface area contributed by atoms with Crippen molar-refractivity contribution in [1.29, 1.82) is 0 Å². The lowest BCUT2D eigenvalue weighted by molar-refractivity contribution is -0.119. The van der Waals surface area contributed by atoms with E-state index in [1.54, 1.807) is 17.5 Å². The molecule has 1 aromatic carbocycles. The van der Waals surface area contributed by atoms with E-state index in [4.69, 9.17) is 4.42 Å². The highest BCUT2D eigenvalue weighted by Crippen LogP contribution is 2.30. The van der Waals surface area contributed by atoms with Gasteiger partial charge in [0, 0.05) is 12.1 Å². The summed E-state index contributed by atoms with van der Waals surface area (Å²) in [6.45, 7) is 0.308. The van der Waals surface area contributed by atoms with E-state index in [0.29, 0.717) is 25.3 Å². The van der Waals surface area contributed by atoms with Crippen molar-refractivity contribution >= 4 is 33.3 Å². The van der Waals surface area contributed by atoms with Gasteiger partial charge in [-0.05, 0) is 73.2 Å². The molecule has 0 spiro atoms. The second-order valence-corrected chi connectivity index (χ2v) is 10.9. The molecular weight excluding hydrogens is 436 g/mol. The number of aromatic nitrogens is 2. The summed E-state index contributed by atoms with van der Waals surface area (Å²) in [4.78, 5) is 12.8. The third-order valence-corrected chi connectivity index (χ3v) is 9.10. The fourth-order valence-electron chi connectivity index (χ4n) is 4.26. The molecule has 1 atom stereocenters. The van der Waals surface area contributed by atoms with E-state index in [0.717, 1.165) is 29.7 Å². The van der Waals surface area contributed by atoms with Crippen LogP contribution in [0, 0.1) is 0 Å². The molecule has 2 aliphatic rings. The fourth-order valence-corrected chi connectivity index (χ4v) is 7.04. The molecule has 31 heavy (non-hydrogen) atoms. The van der Waals surface area contributed by atoms with Crippen molar-refractivity contribution in [3.05, 3.63) is 46.8 Å². The van der Waals surface area contributed by atoms with E-state index in [2.05, 4.69) is 27.6 Å². The number of sulfonamides is 1. The van der Waals surface area contributed by atoms with Crippen LogP contribution in [0.1, 0.15) is 36.8 Å². The molecule has 1 saturated heterocycles. The summed E-state index contributed by atoms with van der Waals surface area (Å²) in [6.07, 6.45) is 5.58. The van der Waals surface area contributed by atoms with E-state index in [1.165, 1.54) is 28.3 Å². The first-order valence-corrected chi connectivity index (χ1v) is 12.7. The van der Waals surface area contributed by atoms with E-state index in [1.807, 2.05) is 6.07 Å². The van der Waals surface area contributed by atoms with Gasteiger partial charge in [0.15, 0.2) is 0 Å². The van der Waals surface area contributed by atoms with E-state index < -0.39 is 22.0 Å². The number of hydrogen-bond acceptors (Lipinski definition) is 7. The zero-order chi connectivity index (χ0) is 21.4. The Morgan fingerprint density at radius 3 is 2.77 bits per heavy atom. The smallest absolute Gasteiger partial charge is 0.322 e. The molecule has 3 aromatic rings. The Morgan fingerprint density at radius 1 is 1.13 bits per heavy atom. The van der Waals surface area contributed by atoms with Gasteiger partial charge >= 0.3 is 6.01 Å². The maximum absolute atomic E-state index is 12.9. The van der Waals surface area contributed by atoms with Crippen molar-refractivity contribution in [2.24, 2.45) is 0 Å². The number of benzene rings is 1. The van der Waals surface area contributed by atoms with Gasteiger partial charge in [-0.3, -0.25) is 10.1 Å². The first-order chi connectivity index (χ1) is 15.0. The molecule has 10 heteroatoms. The van der Waals surface area contributed by atoms with Gasteiger partial charge < -0.3 is 4.42 Å². The molecule has 5 rings (SSSR count). The number of carbonyl (C=O) groups excluding carboxylic acids is 1. The van der Waals surface area contributed by atoms with Crippen molar-refractivity contribution < 1.29 is 17.6 Å². The van der Waals surface area contributed by atoms with E-state index >= 15 is 0 Å². The van der Waals surface area contributed by atoms with Crippen LogP contribution < -0.4 is 5.32 Å². The Hall–Kier alpha value is -2.56. The van der Waals surface area contributed by atoms with Crippen LogP contribution in [0.15, 0.2) is 44.3 Å². The first kappa shape index (κ1) is 20.3. The summed E-state index contributed by atoms with van der Waals surface area (Å²) >= 11 is 1.14. The number of anilines is 1. The number of amides is 1. The monoisotopic (exact) mass is 458 g/mol. The van der Waals surface area contributed by atoms with Gasteiger partial charge in [0.25, 0.3) is 10.0 Å². The third-order valence-electron chi connectivity index (χ3n) is 5.81. The van der Waals surface area contributed by atoms with Gasteiger partial charge in [-0.1, -0.05) is 17.2 Å². The van der Waals surface area contributed by atoms with Crippen molar-refractivity contribution in [2.45, 2.75) is 48.8 Å². The lowest BCUT2D eigenvalue weighted by Gasteiger charge is -2.21. The van der Waals surface area contributed by atoms with Gasteiger partial charge in [-0.25, -0.2) is 8.42 Å². The molecule has 1 N–H and O–H groups in total. The highest BCUT2D eigenvalue weighted by molar-refractivity contribution is 7.91. The second kappa shape index (κ2) is 8.18. The minimum atomic E-state index is -3.70. The minimum Gasteiger partial charge on any atom is -0.403 e. The summed E-state index contributed by atoms with van der Waals surface area (Å²) in [5, 5.41) is 12.3. The van der Waals surface area contributed by atoms with Gasteiger partial charge in [-0.2, -0.15) is 4.31 Å². The molecule has 1 amide bonds. The lowest BCUT2D eigenvalue weighted by Crippen LogP contribution is -2.42. The summed E-state index contributed by atoms with van der Waals surface area (Å²) in [5.74, 6) is -0.128. The van der Waals surface area contributed by atoms with Crippen molar-refractivity contribution in [1.82, 2.24) is 14.5 Å². The van der Waals surface area contributed by atoms with Crippen LogP contribution in [0.3, 0.4) is 0 Å². The molecule has 1 fully saturated rings. The number of carbonyl (C=O) groups is 1. The Bertz CT molecular complexity index is 1200. The Kier molecular flexibility index (Phi) is 5.37. The lowest BCUT2D eigenvalue weighted by atomic mass is 9.90. The molecule has 0 saturated carbocycles. The number of fused-ring (bicyclic) bond motifs is 1. The largest absolute Gasteiger partial charge is 0.403 e. The topological polar surface area (TPSA) is 105 Å². The average Bonchev–Trinajstić information content (AvgIpc) is 3.55. The summed E-state index contributed by atoms with van der Waals surface area (Å²) < 4.78 is 32.9. The number of thiophene rings is 1. The zero-order valence-corrected chi connectivity index (χ0v) is 18.4. The van der Waals surface area contributed by atoms with E-state index in [-0.39, 0.29) is 10.2 Å². The summed E-state index contributed by atoms with van der Waals surface area (Å²) in [5.41, 5.74) is 3.47. The molecular formula is C21H22N4O4S2. The molecule has 2 aromatic heterocycles. The first-order valence-electron chi connectivity index (χ1n) is 10.3. The zero-order valence-electron chi connectivity index (χ0n) is 16.8. The highest BCUT2D eigenvalue weighted by atomic mass is 32.2. The average molecular weight is 459 g/mol. The molecule has 162 valence electrons. The molecule has 0 unspecified atom stereocenters. The van der Waals surface area contributed by atoms with Gasteiger partial charge in [0.05, 0.1) is 0 Å². The van der Waals surface area contributed by atoms with Crippen molar-refractivity contribution in [2.75, 3.05) is 11.9 Å². The van der Waals surface area contributed by atoms with Crippen LogP contribution in [0.25, 0.3) is 11.5 Å². The van der Waals surface area contributed by atoms with Gasteiger partial charge in [-0.15, -0.1) is 16.4 Å². The quantitative estimate of drug-likeness (QED) is 0.628. The minimum absolute atomic E-state index is 0.0295. The predicted molar refractivity (Wildman–Crippen MR) is 116 cm³/mol. The van der Waals surface area contributed by atoms with Crippen LogP contribution in [0.5, 0.6) is 0 Å². The number of aryl methyl sites for hydroxylation is 2. The third kappa shape index (κ3) is 3.90. The van der Waals surface area contributed by atoms with Crippen LogP contribution in [0.2, 0.25) is 0 Å². The number of nitrogens with one attached hydrogen (secondary N) is 1. The van der Waals surface area contributed by atoms with Gasteiger partial charge in [0.1, 0.15) is 10.3 Å². The highest BCUT2D eigenvalue weighted by Gasteiger charge is 2.40. The Morgan fingerprint density at radius 2 is 1.97 bits per heavy atom. The Balaban J connectivity index is 1.32. The van der Waals surface area contributed by atoms with Crippen LogP contribution in [-0.4, -0.2) is 41.4 Å². The summed E-state index contributed by atoms with van der Waals surface area (Å²) in [6, 6.07) is 8.52. The molecule has 1 aliphatic heterocycles. The van der Waals surface area contributed by atoms with Crippen LogP contribution in [-0.2, 0) is 27.7 Å². The van der Waals surface area contributed by atoms with E-state index in [9.17, 15) is 13.2 Å². The maximum Gasteiger partial charge on any atom is 0.322 e. The fraction of sp³-hybridized carbons (Fsp3) is 0.381. The molecule has 0 bridgehead atoms. The van der Waals surface area contributed by atoms with Crippen molar-refractivity contribution in [3.8, 4) is 11.5 Å². The molecule has 8 nitrogen and oxygen atoms in total. The van der Waals surface area contributed by atoms with Crippen LogP contribution in [0.4, 0.5) is 6.01 Å². The van der Waals surface area contributed by atoms with Crippen molar-refractivity contribution in [3.63, 3.8) is 0 Å². The normalized spacial score (nSPS) is 19.3. The number of hydrogen-bond donors (Lipinski definition) is 1. The standard InChI is InChI=1S/C21H22N4O4S2/c26-19(17-7-3-11-25(17)31(27,28)18-8-4-12-30-18)22-21-24-23-20(29-21)16-10-9-14-5-1-2-6-15(14)13-16/h4,8-10,12-13,17H,1-3,5-7,11H2,(H,22,24,26)/t17-/m1/s1. The van der Waals surface area contributed by atoms with Gasteiger partial charge in [0.2, 0.25) is 11.8 Å². The predicted octanol–water partition coefficient (Wildman–Crippen LogP) is 3.47. The number of rotatable bonds is 5. The molecule has 1 aliphatic carbocycles. The second-order valence-electron chi connectivity index (χ2n) is 7.80. The molecule has 0 radical (unpaired) electrons. The molecule has 3 heterocycles. The Labute approximate surface area is 184 Å². The SMILES string of the molecule is O=C(Nc1nnc(-c2ccc3c(c2)CCCC3)o1)[C@H]1CCCN1S(=O)(=O)c1cccs1.